The summed E-state index contributed by atoms with van der Waals surface area (Å²) in [5, 5.41) is 3.45. The van der Waals surface area contributed by atoms with Gasteiger partial charge >= 0.3 is 0 Å². The number of sulfonamides is 1. The molecule has 0 spiro atoms. The van der Waals surface area contributed by atoms with Crippen LogP contribution in [0.4, 0.5) is 8.78 Å². The average Bonchev–Trinajstić information content (AvgIpc) is 3.32. The van der Waals surface area contributed by atoms with E-state index in [1.807, 2.05) is 0 Å². The van der Waals surface area contributed by atoms with Crippen molar-refractivity contribution < 1.29 is 17.2 Å². The minimum atomic E-state index is -3.15. The highest BCUT2D eigenvalue weighted by Gasteiger charge is 2.36. The lowest BCUT2D eigenvalue weighted by atomic mass is 9.98. The third-order valence-corrected chi connectivity index (χ3v) is 6.03. The highest BCUT2D eigenvalue weighted by molar-refractivity contribution is 7.88. The third-order valence-electron chi connectivity index (χ3n) is 4.72. The van der Waals surface area contributed by atoms with Crippen LogP contribution in [0.3, 0.4) is 0 Å². The zero-order chi connectivity index (χ0) is 16.6. The molecule has 0 unspecified atom stereocenters. The number of hydrogen-bond acceptors (Lipinski definition) is 3. The molecule has 2 aliphatic rings. The second kappa shape index (κ2) is 6.45. The number of piperidine rings is 1. The maximum atomic E-state index is 14.1. The van der Waals surface area contributed by atoms with Crippen LogP contribution in [0.5, 0.6) is 0 Å². The molecule has 7 heteroatoms. The van der Waals surface area contributed by atoms with Crippen molar-refractivity contribution in [2.24, 2.45) is 5.92 Å². The molecule has 1 aromatic carbocycles. The minimum absolute atomic E-state index is 0.126. The van der Waals surface area contributed by atoms with Crippen LogP contribution in [-0.4, -0.2) is 38.1 Å². The largest absolute Gasteiger partial charge is 0.307 e. The summed E-state index contributed by atoms with van der Waals surface area (Å²) < 4.78 is 52.1. The minimum Gasteiger partial charge on any atom is -0.307 e. The molecular formula is C16H22F2N2O2S. The molecule has 0 bridgehead atoms. The average molecular weight is 344 g/mol. The number of halogens is 2. The third kappa shape index (κ3) is 4.08. The van der Waals surface area contributed by atoms with E-state index >= 15 is 0 Å². The Bertz CT molecular complexity index is 669. The summed E-state index contributed by atoms with van der Waals surface area (Å²) in [4.78, 5) is 0. The van der Waals surface area contributed by atoms with Gasteiger partial charge in [-0.25, -0.2) is 21.5 Å². The number of rotatable bonds is 5. The Labute approximate surface area is 135 Å². The van der Waals surface area contributed by atoms with Gasteiger partial charge in [-0.05, 0) is 49.8 Å². The van der Waals surface area contributed by atoms with Gasteiger partial charge in [0.2, 0.25) is 10.0 Å². The molecule has 1 heterocycles. The lowest BCUT2D eigenvalue weighted by Gasteiger charge is -2.33. The van der Waals surface area contributed by atoms with Crippen molar-refractivity contribution in [2.45, 2.75) is 37.8 Å². The highest BCUT2D eigenvalue weighted by Crippen LogP contribution is 2.42. The maximum absolute atomic E-state index is 14.1. The van der Waals surface area contributed by atoms with E-state index in [1.54, 1.807) is 0 Å². The first-order chi connectivity index (χ1) is 10.8. The van der Waals surface area contributed by atoms with Gasteiger partial charge in [0.05, 0.1) is 6.26 Å². The monoisotopic (exact) mass is 344 g/mol. The van der Waals surface area contributed by atoms with Crippen LogP contribution in [0.25, 0.3) is 0 Å². The van der Waals surface area contributed by atoms with E-state index in [2.05, 4.69) is 5.32 Å². The second-order valence-corrected chi connectivity index (χ2v) is 8.57. The zero-order valence-electron chi connectivity index (χ0n) is 13.1. The zero-order valence-corrected chi connectivity index (χ0v) is 14.0. The van der Waals surface area contributed by atoms with E-state index in [-0.39, 0.29) is 17.9 Å². The van der Waals surface area contributed by atoms with Crippen LogP contribution in [0, 0.1) is 17.6 Å². The SMILES string of the molecule is CS(=O)(=O)N1CCC(N[C@H](c2cc(F)ccc2F)C2CC2)CC1. The van der Waals surface area contributed by atoms with E-state index in [9.17, 15) is 17.2 Å². The summed E-state index contributed by atoms with van der Waals surface area (Å²) in [5.74, 6) is -0.482. The first-order valence-electron chi connectivity index (χ1n) is 8.00. The van der Waals surface area contributed by atoms with E-state index < -0.39 is 15.8 Å². The lowest BCUT2D eigenvalue weighted by molar-refractivity contribution is 0.265. The van der Waals surface area contributed by atoms with Gasteiger partial charge in [-0.1, -0.05) is 0 Å². The number of hydrogen-bond donors (Lipinski definition) is 1. The summed E-state index contributed by atoms with van der Waals surface area (Å²) in [7, 11) is -3.15. The Balaban J connectivity index is 1.69. The summed E-state index contributed by atoms with van der Waals surface area (Å²) in [6.07, 6.45) is 4.61. The predicted molar refractivity (Wildman–Crippen MR) is 84.4 cm³/mol. The van der Waals surface area contributed by atoms with Crippen molar-refractivity contribution in [3.05, 3.63) is 35.4 Å². The fourth-order valence-corrected chi connectivity index (χ4v) is 4.14. The van der Waals surface area contributed by atoms with Crippen LogP contribution in [0.2, 0.25) is 0 Å². The Kier molecular flexibility index (Phi) is 4.71. The van der Waals surface area contributed by atoms with Crippen LogP contribution in [-0.2, 0) is 10.0 Å². The Morgan fingerprint density at radius 1 is 1.17 bits per heavy atom. The van der Waals surface area contributed by atoms with E-state index in [0.29, 0.717) is 37.4 Å². The number of benzene rings is 1. The van der Waals surface area contributed by atoms with Gasteiger partial charge in [0.1, 0.15) is 11.6 Å². The van der Waals surface area contributed by atoms with Crippen molar-refractivity contribution in [3.63, 3.8) is 0 Å². The van der Waals surface area contributed by atoms with Crippen LogP contribution >= 0.6 is 0 Å². The number of nitrogens with one attached hydrogen (secondary N) is 1. The normalized spacial score (nSPS) is 22.2. The fourth-order valence-electron chi connectivity index (χ4n) is 3.27. The molecule has 0 amide bonds. The van der Waals surface area contributed by atoms with Crippen LogP contribution < -0.4 is 5.32 Å². The van der Waals surface area contributed by atoms with Crippen molar-refractivity contribution in [1.82, 2.24) is 9.62 Å². The molecule has 1 saturated heterocycles. The van der Waals surface area contributed by atoms with Gasteiger partial charge < -0.3 is 5.32 Å². The molecule has 23 heavy (non-hydrogen) atoms. The standard InChI is InChI=1S/C16H22F2N2O2S/c1-23(21,22)20-8-6-13(7-9-20)19-16(11-2-3-11)14-10-12(17)4-5-15(14)18/h4-5,10-11,13,16,19H,2-3,6-9H2,1H3/t16-/m0/s1. The Morgan fingerprint density at radius 2 is 1.83 bits per heavy atom. The Morgan fingerprint density at radius 3 is 2.39 bits per heavy atom. The molecular weight excluding hydrogens is 322 g/mol. The van der Waals surface area contributed by atoms with Gasteiger partial charge in [-0.15, -0.1) is 0 Å². The van der Waals surface area contributed by atoms with Gasteiger partial charge in [0.15, 0.2) is 0 Å². The van der Waals surface area contributed by atoms with Crippen LogP contribution in [0.1, 0.15) is 37.3 Å². The van der Waals surface area contributed by atoms with Gasteiger partial charge in [-0.3, -0.25) is 0 Å². The molecule has 4 nitrogen and oxygen atoms in total. The van der Waals surface area contributed by atoms with Gasteiger partial charge in [0.25, 0.3) is 0 Å². The van der Waals surface area contributed by atoms with Crippen molar-refractivity contribution >= 4 is 10.0 Å². The first-order valence-corrected chi connectivity index (χ1v) is 9.85. The molecule has 1 N–H and O–H groups in total. The molecule has 1 atom stereocenters. The molecule has 128 valence electrons. The van der Waals surface area contributed by atoms with E-state index in [4.69, 9.17) is 0 Å². The summed E-state index contributed by atoms with van der Waals surface area (Å²) >= 11 is 0. The molecule has 1 saturated carbocycles. The highest BCUT2D eigenvalue weighted by atomic mass is 32.2. The van der Waals surface area contributed by atoms with Crippen LogP contribution in [0.15, 0.2) is 18.2 Å². The quantitative estimate of drug-likeness (QED) is 0.892. The smallest absolute Gasteiger partial charge is 0.211 e. The van der Waals surface area contributed by atoms with Crippen molar-refractivity contribution in [2.75, 3.05) is 19.3 Å². The summed E-state index contributed by atoms with van der Waals surface area (Å²) in [6, 6.07) is 3.51. The van der Waals surface area contributed by atoms with Crippen molar-refractivity contribution in [1.29, 1.82) is 0 Å². The summed E-state index contributed by atoms with van der Waals surface area (Å²) in [5.41, 5.74) is 0.387. The van der Waals surface area contributed by atoms with E-state index in [0.717, 1.165) is 18.9 Å². The summed E-state index contributed by atoms with van der Waals surface area (Å²) in [6.45, 7) is 0.943. The van der Waals surface area contributed by atoms with Crippen molar-refractivity contribution in [3.8, 4) is 0 Å². The second-order valence-electron chi connectivity index (χ2n) is 6.58. The lowest BCUT2D eigenvalue weighted by Crippen LogP contribution is -2.45. The molecule has 1 aliphatic heterocycles. The van der Waals surface area contributed by atoms with Gasteiger partial charge in [0, 0.05) is 30.7 Å². The van der Waals surface area contributed by atoms with Gasteiger partial charge in [-0.2, -0.15) is 0 Å². The molecule has 0 aromatic heterocycles. The first kappa shape index (κ1) is 16.8. The molecule has 1 aromatic rings. The molecule has 2 fully saturated rings. The Hall–Kier alpha value is -1.05. The number of nitrogens with zero attached hydrogens (tertiary/aromatic N) is 1. The van der Waals surface area contributed by atoms with E-state index in [1.165, 1.54) is 22.7 Å². The molecule has 0 radical (unpaired) electrons. The fraction of sp³-hybridized carbons (Fsp3) is 0.625. The molecule has 1 aliphatic carbocycles. The maximum Gasteiger partial charge on any atom is 0.211 e. The predicted octanol–water partition coefficient (Wildman–Crippen LogP) is 2.43. The molecule has 3 rings (SSSR count). The topological polar surface area (TPSA) is 49.4 Å².